The van der Waals surface area contributed by atoms with E-state index in [-0.39, 0.29) is 6.10 Å². The number of imidazole rings is 1. The number of aryl methyl sites for hydroxylation is 1. The molecule has 4 rings (SSSR count). The highest BCUT2D eigenvalue weighted by atomic mass is 16.5. The second-order valence-corrected chi connectivity index (χ2v) is 4.86. The quantitative estimate of drug-likeness (QED) is 0.723. The molecule has 0 radical (unpaired) electrons. The molecule has 94 valence electrons. The molecule has 1 N–H and O–H groups in total. The van der Waals surface area contributed by atoms with Gasteiger partial charge in [0.05, 0.1) is 5.52 Å². The SMILES string of the molecule is Cc1ccc2[nH]c(C3Cc4ccccc4O3)nc2n1. The lowest BCUT2D eigenvalue weighted by molar-refractivity contribution is 0.229. The molecule has 1 aliphatic heterocycles. The van der Waals surface area contributed by atoms with Crippen molar-refractivity contribution in [2.45, 2.75) is 19.4 Å². The minimum atomic E-state index is -0.0353. The third-order valence-corrected chi connectivity index (χ3v) is 3.46. The third kappa shape index (κ3) is 1.68. The predicted octanol–water partition coefficient (Wildman–Crippen LogP) is 2.94. The van der Waals surface area contributed by atoms with E-state index in [1.165, 1.54) is 5.56 Å². The first-order valence-corrected chi connectivity index (χ1v) is 6.37. The van der Waals surface area contributed by atoms with Gasteiger partial charge < -0.3 is 9.72 Å². The monoisotopic (exact) mass is 251 g/mol. The third-order valence-electron chi connectivity index (χ3n) is 3.46. The lowest BCUT2D eigenvalue weighted by atomic mass is 10.1. The maximum absolute atomic E-state index is 5.93. The molecule has 0 aliphatic carbocycles. The van der Waals surface area contributed by atoms with Gasteiger partial charge >= 0.3 is 0 Å². The summed E-state index contributed by atoms with van der Waals surface area (Å²) >= 11 is 0. The Kier molecular flexibility index (Phi) is 2.12. The van der Waals surface area contributed by atoms with E-state index in [4.69, 9.17) is 4.74 Å². The molecule has 2 aromatic heterocycles. The highest BCUT2D eigenvalue weighted by Gasteiger charge is 2.26. The van der Waals surface area contributed by atoms with Crippen LogP contribution in [-0.4, -0.2) is 15.0 Å². The molecule has 1 atom stereocenters. The highest BCUT2D eigenvalue weighted by Crippen LogP contribution is 2.35. The van der Waals surface area contributed by atoms with Crippen molar-refractivity contribution in [1.82, 2.24) is 15.0 Å². The summed E-state index contributed by atoms with van der Waals surface area (Å²) in [5.74, 6) is 1.81. The largest absolute Gasteiger partial charge is 0.482 e. The number of H-pyrrole nitrogens is 1. The average Bonchev–Trinajstić information content (AvgIpc) is 3.00. The molecular formula is C15H13N3O. The van der Waals surface area contributed by atoms with Gasteiger partial charge in [0.25, 0.3) is 0 Å². The number of nitrogens with one attached hydrogen (secondary N) is 1. The number of rotatable bonds is 1. The summed E-state index contributed by atoms with van der Waals surface area (Å²) in [6.07, 6.45) is 0.821. The van der Waals surface area contributed by atoms with Crippen molar-refractivity contribution >= 4 is 11.2 Å². The standard InChI is InChI=1S/C15H13N3O/c1-9-6-7-11-14(16-9)18-15(17-11)13-8-10-4-2-3-5-12(10)19-13/h2-7,13H,8H2,1H3,(H,16,17,18). The molecule has 0 fully saturated rings. The normalized spacial score (nSPS) is 17.4. The molecule has 3 heterocycles. The minimum Gasteiger partial charge on any atom is -0.482 e. The lowest BCUT2D eigenvalue weighted by Crippen LogP contribution is -2.05. The highest BCUT2D eigenvalue weighted by molar-refractivity contribution is 5.70. The van der Waals surface area contributed by atoms with Crippen LogP contribution in [-0.2, 0) is 6.42 Å². The number of fused-ring (bicyclic) bond motifs is 2. The molecule has 4 heteroatoms. The van der Waals surface area contributed by atoms with E-state index in [0.29, 0.717) is 0 Å². The molecule has 1 aliphatic rings. The summed E-state index contributed by atoms with van der Waals surface area (Å²) in [6.45, 7) is 1.97. The first-order chi connectivity index (χ1) is 9.29. The zero-order chi connectivity index (χ0) is 12.8. The minimum absolute atomic E-state index is 0.0353. The fraction of sp³-hybridized carbons (Fsp3) is 0.200. The zero-order valence-corrected chi connectivity index (χ0v) is 10.6. The van der Waals surface area contributed by atoms with Gasteiger partial charge in [0.1, 0.15) is 5.75 Å². The van der Waals surface area contributed by atoms with Gasteiger partial charge in [-0.3, -0.25) is 0 Å². The number of para-hydroxylation sites is 1. The van der Waals surface area contributed by atoms with Crippen LogP contribution in [0.15, 0.2) is 36.4 Å². The van der Waals surface area contributed by atoms with Crippen molar-refractivity contribution in [2.24, 2.45) is 0 Å². The maximum atomic E-state index is 5.93. The summed E-state index contributed by atoms with van der Waals surface area (Å²) < 4.78 is 5.93. The first kappa shape index (κ1) is 10.6. The number of benzene rings is 1. The van der Waals surface area contributed by atoms with E-state index in [9.17, 15) is 0 Å². The smallest absolute Gasteiger partial charge is 0.178 e. The van der Waals surface area contributed by atoms with Gasteiger partial charge in [0.15, 0.2) is 17.6 Å². The molecular weight excluding hydrogens is 238 g/mol. The Morgan fingerprint density at radius 1 is 1.16 bits per heavy atom. The van der Waals surface area contributed by atoms with Crippen LogP contribution >= 0.6 is 0 Å². The van der Waals surface area contributed by atoms with Crippen LogP contribution in [0.3, 0.4) is 0 Å². The first-order valence-electron chi connectivity index (χ1n) is 6.37. The summed E-state index contributed by atoms with van der Waals surface area (Å²) in [5, 5.41) is 0. The van der Waals surface area contributed by atoms with Crippen LogP contribution in [0.4, 0.5) is 0 Å². The van der Waals surface area contributed by atoms with Gasteiger partial charge in [0, 0.05) is 12.1 Å². The van der Waals surface area contributed by atoms with Gasteiger partial charge in [-0.2, -0.15) is 0 Å². The van der Waals surface area contributed by atoms with Crippen molar-refractivity contribution < 1.29 is 4.74 Å². The van der Waals surface area contributed by atoms with Crippen molar-refractivity contribution in [3.63, 3.8) is 0 Å². The number of hydrogen-bond acceptors (Lipinski definition) is 3. The number of hydrogen-bond donors (Lipinski definition) is 1. The molecule has 0 spiro atoms. The van der Waals surface area contributed by atoms with E-state index in [2.05, 4.69) is 21.0 Å². The number of aromatic amines is 1. The summed E-state index contributed by atoms with van der Waals surface area (Å²) in [4.78, 5) is 12.3. The van der Waals surface area contributed by atoms with Crippen molar-refractivity contribution in [2.75, 3.05) is 0 Å². The second kappa shape index (κ2) is 3.82. The van der Waals surface area contributed by atoms with E-state index >= 15 is 0 Å². The van der Waals surface area contributed by atoms with Crippen molar-refractivity contribution in [3.05, 3.63) is 53.5 Å². The molecule has 19 heavy (non-hydrogen) atoms. The maximum Gasteiger partial charge on any atom is 0.178 e. The summed E-state index contributed by atoms with van der Waals surface area (Å²) in [5.41, 5.74) is 3.92. The Morgan fingerprint density at radius 3 is 2.95 bits per heavy atom. The number of pyridine rings is 1. The fourth-order valence-corrected chi connectivity index (χ4v) is 2.49. The van der Waals surface area contributed by atoms with Crippen LogP contribution in [0.5, 0.6) is 5.75 Å². The van der Waals surface area contributed by atoms with Gasteiger partial charge in [-0.25, -0.2) is 9.97 Å². The molecule has 0 saturated heterocycles. The van der Waals surface area contributed by atoms with Gasteiger partial charge in [0.2, 0.25) is 0 Å². The molecule has 1 unspecified atom stereocenters. The predicted molar refractivity (Wildman–Crippen MR) is 72.1 cm³/mol. The van der Waals surface area contributed by atoms with Crippen LogP contribution in [0, 0.1) is 6.92 Å². The lowest BCUT2D eigenvalue weighted by Gasteiger charge is -2.06. The average molecular weight is 251 g/mol. The van der Waals surface area contributed by atoms with E-state index in [0.717, 1.165) is 34.9 Å². The summed E-state index contributed by atoms with van der Waals surface area (Å²) in [6, 6.07) is 12.1. The molecule has 3 aromatic rings. The van der Waals surface area contributed by atoms with Crippen LogP contribution in [0.1, 0.15) is 23.2 Å². The summed E-state index contributed by atoms with van der Waals surface area (Å²) in [7, 11) is 0. The van der Waals surface area contributed by atoms with E-state index in [1.807, 2.05) is 37.3 Å². The fourth-order valence-electron chi connectivity index (χ4n) is 2.49. The Labute approximate surface area is 110 Å². The van der Waals surface area contributed by atoms with Crippen LogP contribution in [0.2, 0.25) is 0 Å². The van der Waals surface area contributed by atoms with Crippen LogP contribution < -0.4 is 4.74 Å². The zero-order valence-electron chi connectivity index (χ0n) is 10.6. The second-order valence-electron chi connectivity index (χ2n) is 4.86. The molecule has 0 bridgehead atoms. The Balaban J connectivity index is 1.73. The van der Waals surface area contributed by atoms with Gasteiger partial charge in [-0.05, 0) is 30.7 Å². The Bertz CT molecular complexity index is 738. The van der Waals surface area contributed by atoms with E-state index in [1.54, 1.807) is 0 Å². The Morgan fingerprint density at radius 2 is 2.05 bits per heavy atom. The molecule has 0 amide bonds. The number of nitrogens with zero attached hydrogens (tertiary/aromatic N) is 2. The topological polar surface area (TPSA) is 50.8 Å². The van der Waals surface area contributed by atoms with Crippen LogP contribution in [0.25, 0.3) is 11.2 Å². The van der Waals surface area contributed by atoms with E-state index < -0.39 is 0 Å². The molecule has 0 saturated carbocycles. The number of aromatic nitrogens is 3. The van der Waals surface area contributed by atoms with Gasteiger partial charge in [-0.15, -0.1) is 0 Å². The van der Waals surface area contributed by atoms with Gasteiger partial charge in [-0.1, -0.05) is 18.2 Å². The van der Waals surface area contributed by atoms with Crippen molar-refractivity contribution in [1.29, 1.82) is 0 Å². The number of ether oxygens (including phenoxy) is 1. The molecule has 4 nitrogen and oxygen atoms in total. The van der Waals surface area contributed by atoms with Crippen molar-refractivity contribution in [3.8, 4) is 5.75 Å². The molecule has 1 aromatic carbocycles. The Hall–Kier alpha value is -2.36.